The van der Waals surface area contributed by atoms with Crippen molar-refractivity contribution in [2.24, 2.45) is 0 Å². The van der Waals surface area contributed by atoms with Crippen LogP contribution >= 0.6 is 11.6 Å². The number of aryl methyl sites for hydroxylation is 2. The minimum Gasteiger partial charge on any atom is -0.338 e. The van der Waals surface area contributed by atoms with Gasteiger partial charge in [-0.2, -0.15) is 0 Å². The highest BCUT2D eigenvalue weighted by molar-refractivity contribution is 6.31. The minimum atomic E-state index is 0.159. The highest BCUT2D eigenvalue weighted by Crippen LogP contribution is 2.23. The molecule has 3 heterocycles. The fraction of sp³-hybridized carbons (Fsp3) is 0.500. The molecule has 0 spiro atoms. The summed E-state index contributed by atoms with van der Waals surface area (Å²) in [5, 5.41) is 9.12. The van der Waals surface area contributed by atoms with Crippen LogP contribution in [0.15, 0.2) is 24.4 Å². The van der Waals surface area contributed by atoms with Crippen LogP contribution < -0.4 is 0 Å². The first-order valence-corrected chi connectivity index (χ1v) is 10.1. The number of nitrogens with zero attached hydrogens (tertiary/aromatic N) is 5. The molecule has 2 saturated heterocycles. The Hall–Kier alpha value is -2.41. The van der Waals surface area contributed by atoms with Crippen LogP contribution in [-0.4, -0.2) is 56.2 Å². The molecule has 28 heavy (non-hydrogen) atoms. The first kappa shape index (κ1) is 18.9. The Morgan fingerprint density at radius 3 is 2.86 bits per heavy atom. The van der Waals surface area contributed by atoms with E-state index in [9.17, 15) is 9.59 Å². The number of aromatic nitrogens is 3. The van der Waals surface area contributed by atoms with Crippen LogP contribution in [-0.2, 0) is 22.6 Å². The molecule has 7 nitrogen and oxygen atoms in total. The Kier molecular flexibility index (Phi) is 5.35. The van der Waals surface area contributed by atoms with Gasteiger partial charge >= 0.3 is 0 Å². The quantitative estimate of drug-likeness (QED) is 0.745. The molecule has 8 heteroatoms. The molecule has 2 amide bonds. The standard InChI is InChI=1S/C20H24ClN5O2/c1-14-9-15(4-6-18(14)21)5-7-20(28)25-12-17(13-25)26-11-16(22-23-26)10-24-8-2-3-19(24)27/h4,6,9,11,17H,2-3,5,7-8,10,12-13H2,1H3. The Labute approximate surface area is 169 Å². The fourth-order valence-electron chi connectivity index (χ4n) is 3.73. The molecule has 0 atom stereocenters. The van der Waals surface area contributed by atoms with Gasteiger partial charge in [0, 0.05) is 37.5 Å². The summed E-state index contributed by atoms with van der Waals surface area (Å²) < 4.78 is 1.82. The lowest BCUT2D eigenvalue weighted by atomic mass is 10.0. The lowest BCUT2D eigenvalue weighted by Crippen LogP contribution is -2.51. The summed E-state index contributed by atoms with van der Waals surface area (Å²) in [6.45, 7) is 4.60. The average Bonchev–Trinajstić information content (AvgIpc) is 3.25. The molecular weight excluding hydrogens is 378 g/mol. The molecule has 2 fully saturated rings. The molecular formula is C20H24ClN5O2. The van der Waals surface area contributed by atoms with Crippen LogP contribution in [0.4, 0.5) is 0 Å². The maximum Gasteiger partial charge on any atom is 0.223 e. The zero-order chi connectivity index (χ0) is 19.7. The number of hydrogen-bond acceptors (Lipinski definition) is 4. The van der Waals surface area contributed by atoms with Gasteiger partial charge in [0.2, 0.25) is 11.8 Å². The second kappa shape index (κ2) is 7.91. The smallest absolute Gasteiger partial charge is 0.223 e. The predicted molar refractivity (Wildman–Crippen MR) is 105 cm³/mol. The van der Waals surface area contributed by atoms with Crippen molar-refractivity contribution in [3.05, 3.63) is 46.2 Å². The Morgan fingerprint density at radius 1 is 1.32 bits per heavy atom. The fourth-order valence-corrected chi connectivity index (χ4v) is 3.85. The highest BCUT2D eigenvalue weighted by Gasteiger charge is 2.32. The minimum absolute atomic E-state index is 0.159. The third kappa shape index (κ3) is 4.04. The van der Waals surface area contributed by atoms with Crippen molar-refractivity contribution in [2.75, 3.05) is 19.6 Å². The van der Waals surface area contributed by atoms with Gasteiger partial charge in [-0.05, 0) is 37.0 Å². The van der Waals surface area contributed by atoms with Crippen LogP contribution in [0.2, 0.25) is 5.02 Å². The van der Waals surface area contributed by atoms with Crippen LogP contribution in [0, 0.1) is 6.92 Å². The van der Waals surface area contributed by atoms with Gasteiger partial charge < -0.3 is 9.80 Å². The van der Waals surface area contributed by atoms with E-state index in [2.05, 4.69) is 10.3 Å². The molecule has 2 aliphatic heterocycles. The molecule has 1 aromatic heterocycles. The van der Waals surface area contributed by atoms with E-state index < -0.39 is 0 Å². The maximum absolute atomic E-state index is 12.4. The number of hydrogen-bond donors (Lipinski definition) is 0. The molecule has 2 aliphatic rings. The van der Waals surface area contributed by atoms with E-state index in [0.717, 1.165) is 41.2 Å². The van der Waals surface area contributed by atoms with Gasteiger partial charge in [-0.15, -0.1) is 5.10 Å². The Morgan fingerprint density at radius 2 is 2.14 bits per heavy atom. The van der Waals surface area contributed by atoms with Crippen LogP contribution in [0.3, 0.4) is 0 Å². The van der Waals surface area contributed by atoms with Gasteiger partial charge in [-0.25, -0.2) is 4.68 Å². The van der Waals surface area contributed by atoms with Crippen LogP contribution in [0.5, 0.6) is 0 Å². The van der Waals surface area contributed by atoms with Gasteiger partial charge in [0.15, 0.2) is 0 Å². The third-order valence-electron chi connectivity index (χ3n) is 5.52. The van der Waals surface area contributed by atoms with Crippen molar-refractivity contribution in [1.82, 2.24) is 24.8 Å². The number of carbonyl (C=O) groups is 2. The van der Waals surface area contributed by atoms with Crippen molar-refractivity contribution in [3.8, 4) is 0 Å². The van der Waals surface area contributed by atoms with E-state index in [1.807, 2.05) is 45.8 Å². The van der Waals surface area contributed by atoms with Gasteiger partial charge in [-0.1, -0.05) is 28.9 Å². The summed E-state index contributed by atoms with van der Waals surface area (Å²) in [6, 6.07) is 6.06. The summed E-state index contributed by atoms with van der Waals surface area (Å²) in [6.07, 6.45) is 4.66. The first-order valence-electron chi connectivity index (χ1n) is 9.71. The molecule has 4 rings (SSSR count). The predicted octanol–water partition coefficient (Wildman–Crippen LogP) is 2.38. The molecule has 148 valence electrons. The average molecular weight is 402 g/mol. The number of benzene rings is 1. The van der Waals surface area contributed by atoms with Crippen molar-refractivity contribution < 1.29 is 9.59 Å². The number of amides is 2. The van der Waals surface area contributed by atoms with Gasteiger partial charge in [0.25, 0.3) is 0 Å². The van der Waals surface area contributed by atoms with E-state index in [-0.39, 0.29) is 17.9 Å². The largest absolute Gasteiger partial charge is 0.338 e. The SMILES string of the molecule is Cc1cc(CCC(=O)N2CC(n3cc(CN4CCCC4=O)nn3)C2)ccc1Cl. The zero-order valence-corrected chi connectivity index (χ0v) is 16.7. The van der Waals surface area contributed by atoms with Gasteiger partial charge in [0.1, 0.15) is 5.69 Å². The highest BCUT2D eigenvalue weighted by atomic mass is 35.5. The maximum atomic E-state index is 12.4. The second-order valence-corrected chi connectivity index (χ2v) is 8.05. The van der Waals surface area contributed by atoms with Gasteiger partial charge in [0.05, 0.1) is 18.8 Å². The van der Waals surface area contributed by atoms with E-state index in [1.165, 1.54) is 0 Å². The van der Waals surface area contributed by atoms with Crippen molar-refractivity contribution >= 4 is 23.4 Å². The Balaban J connectivity index is 1.24. The third-order valence-corrected chi connectivity index (χ3v) is 5.95. The van der Waals surface area contributed by atoms with E-state index in [4.69, 9.17) is 11.6 Å². The van der Waals surface area contributed by atoms with E-state index >= 15 is 0 Å². The molecule has 0 N–H and O–H groups in total. The van der Waals surface area contributed by atoms with Crippen LogP contribution in [0.25, 0.3) is 0 Å². The topological polar surface area (TPSA) is 71.3 Å². The number of halogens is 1. The van der Waals surface area contributed by atoms with E-state index in [0.29, 0.717) is 32.5 Å². The Bertz CT molecular complexity index is 890. The van der Waals surface area contributed by atoms with E-state index in [1.54, 1.807) is 0 Å². The number of rotatable bonds is 6. The summed E-state index contributed by atoms with van der Waals surface area (Å²) in [4.78, 5) is 27.8. The molecule has 2 aromatic rings. The van der Waals surface area contributed by atoms with Gasteiger partial charge in [-0.3, -0.25) is 9.59 Å². The normalized spacial score (nSPS) is 17.3. The van der Waals surface area contributed by atoms with Crippen LogP contribution in [0.1, 0.15) is 42.1 Å². The monoisotopic (exact) mass is 401 g/mol. The summed E-state index contributed by atoms with van der Waals surface area (Å²) >= 11 is 6.05. The lowest BCUT2D eigenvalue weighted by Gasteiger charge is -2.39. The molecule has 0 aliphatic carbocycles. The summed E-state index contributed by atoms with van der Waals surface area (Å²) in [5.74, 6) is 0.345. The van der Waals surface area contributed by atoms with Crippen molar-refractivity contribution in [3.63, 3.8) is 0 Å². The molecule has 1 aromatic carbocycles. The summed E-state index contributed by atoms with van der Waals surface area (Å²) in [7, 11) is 0. The molecule has 0 radical (unpaired) electrons. The summed E-state index contributed by atoms with van der Waals surface area (Å²) in [5.41, 5.74) is 2.97. The lowest BCUT2D eigenvalue weighted by molar-refractivity contribution is -0.137. The zero-order valence-electron chi connectivity index (χ0n) is 16.0. The molecule has 0 bridgehead atoms. The second-order valence-electron chi connectivity index (χ2n) is 7.64. The number of likely N-dealkylation sites (tertiary alicyclic amines) is 2. The first-order chi connectivity index (χ1) is 13.5. The van der Waals surface area contributed by atoms with Crippen molar-refractivity contribution in [1.29, 1.82) is 0 Å². The van der Waals surface area contributed by atoms with Crippen molar-refractivity contribution in [2.45, 2.75) is 45.2 Å². The number of carbonyl (C=O) groups excluding carboxylic acids is 2. The molecule has 0 saturated carbocycles. The molecule has 0 unspecified atom stereocenters.